The predicted molar refractivity (Wildman–Crippen MR) is 52.1 cm³/mol. The quantitative estimate of drug-likeness (QED) is 0.820. The van der Waals surface area contributed by atoms with Gasteiger partial charge in [-0.3, -0.25) is 4.79 Å². The Morgan fingerprint density at radius 2 is 2.31 bits per heavy atom. The Kier molecular flexibility index (Phi) is 3.92. The Morgan fingerprint density at radius 1 is 1.54 bits per heavy atom. The van der Waals surface area contributed by atoms with Crippen LogP contribution in [-0.4, -0.2) is 24.6 Å². The van der Waals surface area contributed by atoms with E-state index in [1.54, 1.807) is 18.2 Å². The SMILES string of the molecule is O=Cc1cccc(Br)c1OCCO. The number of carbonyl (C=O) groups excluding carboxylic acids is 1. The summed E-state index contributed by atoms with van der Waals surface area (Å²) in [4.78, 5) is 10.6. The van der Waals surface area contributed by atoms with E-state index in [9.17, 15) is 4.79 Å². The highest BCUT2D eigenvalue weighted by atomic mass is 79.9. The van der Waals surface area contributed by atoms with Crippen LogP contribution in [0.5, 0.6) is 5.75 Å². The van der Waals surface area contributed by atoms with Crippen LogP contribution in [0.1, 0.15) is 10.4 Å². The van der Waals surface area contributed by atoms with Crippen molar-refractivity contribution in [3.8, 4) is 5.75 Å². The second-order valence-electron chi connectivity index (χ2n) is 2.35. The van der Waals surface area contributed by atoms with Gasteiger partial charge >= 0.3 is 0 Å². The molecule has 70 valence electrons. The molecule has 0 aliphatic carbocycles. The largest absolute Gasteiger partial charge is 0.489 e. The molecule has 0 aromatic heterocycles. The molecule has 1 rings (SSSR count). The fourth-order valence-corrected chi connectivity index (χ4v) is 1.41. The van der Waals surface area contributed by atoms with Gasteiger partial charge in [0.2, 0.25) is 0 Å². The van der Waals surface area contributed by atoms with Crippen molar-refractivity contribution in [1.82, 2.24) is 0 Å². The first-order chi connectivity index (χ1) is 6.29. The van der Waals surface area contributed by atoms with Gasteiger partial charge in [-0.15, -0.1) is 0 Å². The van der Waals surface area contributed by atoms with Crippen LogP contribution in [0.15, 0.2) is 22.7 Å². The van der Waals surface area contributed by atoms with E-state index in [1.165, 1.54) is 0 Å². The number of aliphatic hydroxyl groups is 1. The highest BCUT2D eigenvalue weighted by Crippen LogP contribution is 2.27. The van der Waals surface area contributed by atoms with Crippen LogP contribution in [0, 0.1) is 0 Å². The summed E-state index contributed by atoms with van der Waals surface area (Å²) in [7, 11) is 0. The van der Waals surface area contributed by atoms with Gasteiger partial charge in [0.15, 0.2) is 6.29 Å². The first-order valence-corrected chi connectivity index (χ1v) is 4.56. The highest BCUT2D eigenvalue weighted by molar-refractivity contribution is 9.10. The van der Waals surface area contributed by atoms with E-state index >= 15 is 0 Å². The second-order valence-corrected chi connectivity index (χ2v) is 3.20. The minimum absolute atomic E-state index is 0.0698. The molecule has 0 atom stereocenters. The number of ether oxygens (including phenoxy) is 1. The lowest BCUT2D eigenvalue weighted by Crippen LogP contribution is -2.04. The van der Waals surface area contributed by atoms with Crippen LogP contribution < -0.4 is 4.74 Å². The van der Waals surface area contributed by atoms with Crippen molar-refractivity contribution < 1.29 is 14.6 Å². The van der Waals surface area contributed by atoms with Gasteiger partial charge in [0.25, 0.3) is 0 Å². The van der Waals surface area contributed by atoms with E-state index in [-0.39, 0.29) is 13.2 Å². The standard InChI is InChI=1S/C9H9BrO3/c10-8-3-1-2-7(6-12)9(8)13-5-4-11/h1-3,6,11H,4-5H2. The summed E-state index contributed by atoms with van der Waals surface area (Å²) in [6, 6.07) is 5.18. The third-order valence-corrected chi connectivity index (χ3v) is 2.09. The molecule has 0 saturated carbocycles. The van der Waals surface area contributed by atoms with Gasteiger partial charge < -0.3 is 9.84 Å². The first kappa shape index (κ1) is 10.2. The number of hydrogen-bond acceptors (Lipinski definition) is 3. The van der Waals surface area contributed by atoms with Crippen molar-refractivity contribution in [2.24, 2.45) is 0 Å². The molecule has 0 heterocycles. The molecule has 4 heteroatoms. The van der Waals surface area contributed by atoms with E-state index < -0.39 is 0 Å². The Balaban J connectivity index is 2.93. The van der Waals surface area contributed by atoms with Crippen molar-refractivity contribution in [2.75, 3.05) is 13.2 Å². The lowest BCUT2D eigenvalue weighted by Gasteiger charge is -2.08. The van der Waals surface area contributed by atoms with Gasteiger partial charge in [-0.25, -0.2) is 0 Å². The lowest BCUT2D eigenvalue weighted by molar-refractivity contribution is 0.111. The van der Waals surface area contributed by atoms with Crippen molar-refractivity contribution in [3.63, 3.8) is 0 Å². The molecule has 3 nitrogen and oxygen atoms in total. The van der Waals surface area contributed by atoms with Crippen molar-refractivity contribution in [3.05, 3.63) is 28.2 Å². The molecule has 0 saturated heterocycles. The zero-order valence-corrected chi connectivity index (χ0v) is 8.45. The van der Waals surface area contributed by atoms with Gasteiger partial charge in [-0.1, -0.05) is 6.07 Å². The summed E-state index contributed by atoms with van der Waals surface area (Å²) in [6.07, 6.45) is 0.720. The van der Waals surface area contributed by atoms with Crippen LogP contribution in [0.4, 0.5) is 0 Å². The summed E-state index contributed by atoms with van der Waals surface area (Å²) < 4.78 is 5.89. The molecule has 0 bridgehead atoms. The topological polar surface area (TPSA) is 46.5 Å². The van der Waals surface area contributed by atoms with E-state index in [2.05, 4.69) is 15.9 Å². The molecule has 0 amide bonds. The Bertz CT molecular complexity index is 299. The maximum absolute atomic E-state index is 10.6. The monoisotopic (exact) mass is 244 g/mol. The third kappa shape index (κ3) is 2.54. The van der Waals surface area contributed by atoms with Crippen LogP contribution in [0.2, 0.25) is 0 Å². The van der Waals surface area contributed by atoms with Crippen LogP contribution in [0.25, 0.3) is 0 Å². The van der Waals surface area contributed by atoms with E-state index in [0.29, 0.717) is 15.8 Å². The number of carbonyl (C=O) groups is 1. The summed E-state index contributed by atoms with van der Waals surface area (Å²) in [5.74, 6) is 0.478. The van der Waals surface area contributed by atoms with Crippen LogP contribution in [0.3, 0.4) is 0 Å². The van der Waals surface area contributed by atoms with Gasteiger partial charge in [-0.05, 0) is 28.1 Å². The molecule has 1 aromatic carbocycles. The first-order valence-electron chi connectivity index (χ1n) is 3.77. The van der Waals surface area contributed by atoms with Gasteiger partial charge in [0.05, 0.1) is 16.6 Å². The van der Waals surface area contributed by atoms with Gasteiger partial charge in [0, 0.05) is 0 Å². The molecule has 1 aromatic rings. The van der Waals surface area contributed by atoms with E-state index in [1.807, 2.05) is 0 Å². The smallest absolute Gasteiger partial charge is 0.153 e. The number of halogens is 1. The number of para-hydroxylation sites is 1. The molecular formula is C9H9BrO3. The fraction of sp³-hybridized carbons (Fsp3) is 0.222. The maximum Gasteiger partial charge on any atom is 0.153 e. The number of benzene rings is 1. The van der Waals surface area contributed by atoms with Crippen molar-refractivity contribution in [1.29, 1.82) is 0 Å². The van der Waals surface area contributed by atoms with Gasteiger partial charge in [0.1, 0.15) is 12.4 Å². The maximum atomic E-state index is 10.6. The zero-order chi connectivity index (χ0) is 9.68. The number of aldehydes is 1. The molecule has 0 fully saturated rings. The minimum Gasteiger partial charge on any atom is -0.489 e. The third-order valence-electron chi connectivity index (χ3n) is 1.46. The molecule has 0 radical (unpaired) electrons. The van der Waals surface area contributed by atoms with E-state index in [0.717, 1.165) is 6.29 Å². The van der Waals surface area contributed by atoms with E-state index in [4.69, 9.17) is 9.84 Å². The number of aliphatic hydroxyl groups excluding tert-OH is 1. The lowest BCUT2D eigenvalue weighted by atomic mass is 10.2. The molecule has 0 unspecified atom stereocenters. The molecular weight excluding hydrogens is 236 g/mol. The zero-order valence-electron chi connectivity index (χ0n) is 6.87. The Labute approximate surface area is 84.5 Å². The number of hydrogen-bond donors (Lipinski definition) is 1. The molecule has 1 N–H and O–H groups in total. The predicted octanol–water partition coefficient (Wildman–Crippen LogP) is 1.63. The number of rotatable bonds is 4. The molecule has 13 heavy (non-hydrogen) atoms. The Hall–Kier alpha value is -0.870. The molecule has 0 aliphatic heterocycles. The van der Waals surface area contributed by atoms with Crippen LogP contribution >= 0.6 is 15.9 Å². The average molecular weight is 245 g/mol. The van der Waals surface area contributed by atoms with Crippen LogP contribution in [-0.2, 0) is 0 Å². The summed E-state index contributed by atoms with van der Waals surface area (Å²) in [6.45, 7) is 0.114. The molecule has 0 aliphatic rings. The highest BCUT2D eigenvalue weighted by Gasteiger charge is 2.06. The second kappa shape index (κ2) is 4.99. The molecule has 0 spiro atoms. The fourth-order valence-electron chi connectivity index (χ4n) is 0.918. The normalized spacial score (nSPS) is 9.69. The summed E-state index contributed by atoms with van der Waals surface area (Å²) in [5.41, 5.74) is 0.475. The van der Waals surface area contributed by atoms with Crippen molar-refractivity contribution >= 4 is 22.2 Å². The van der Waals surface area contributed by atoms with Gasteiger partial charge in [-0.2, -0.15) is 0 Å². The summed E-state index contributed by atoms with van der Waals surface area (Å²) in [5, 5.41) is 8.55. The summed E-state index contributed by atoms with van der Waals surface area (Å²) >= 11 is 3.25. The van der Waals surface area contributed by atoms with Crippen molar-refractivity contribution in [2.45, 2.75) is 0 Å². The Morgan fingerprint density at radius 3 is 2.92 bits per heavy atom. The minimum atomic E-state index is -0.0698. The average Bonchev–Trinajstić information content (AvgIpc) is 2.15.